The Bertz CT molecular complexity index is 709. The van der Waals surface area contributed by atoms with Crippen molar-refractivity contribution in [2.75, 3.05) is 32.1 Å². The van der Waals surface area contributed by atoms with Gasteiger partial charge in [0.1, 0.15) is 0 Å². The van der Waals surface area contributed by atoms with Gasteiger partial charge in [-0.25, -0.2) is 0 Å². The molecule has 134 valence electrons. The van der Waals surface area contributed by atoms with Crippen LogP contribution in [0.3, 0.4) is 0 Å². The molecule has 0 unspecified atom stereocenters. The molecule has 1 aliphatic heterocycles. The molecule has 0 spiro atoms. The second kappa shape index (κ2) is 7.49. The molecule has 0 radical (unpaired) electrons. The molecule has 2 aromatic rings. The van der Waals surface area contributed by atoms with Crippen molar-refractivity contribution in [1.29, 1.82) is 0 Å². The van der Waals surface area contributed by atoms with E-state index in [0.717, 1.165) is 24.6 Å². The lowest BCUT2D eigenvalue weighted by atomic mass is 9.94. The van der Waals surface area contributed by atoms with Gasteiger partial charge in [0.25, 0.3) is 0 Å². The zero-order chi connectivity index (χ0) is 17.9. The summed E-state index contributed by atoms with van der Waals surface area (Å²) >= 11 is 5.92. The molecule has 3 rings (SSSR count). The van der Waals surface area contributed by atoms with Crippen molar-refractivity contribution in [3.63, 3.8) is 0 Å². The third kappa shape index (κ3) is 3.99. The van der Waals surface area contributed by atoms with E-state index in [-0.39, 0.29) is 5.91 Å². The lowest BCUT2D eigenvalue weighted by Crippen LogP contribution is -2.52. The zero-order valence-corrected chi connectivity index (χ0v) is 15.4. The number of tetrazole rings is 1. The van der Waals surface area contributed by atoms with Crippen LogP contribution < -0.4 is 0 Å². The minimum atomic E-state index is -0.513. The Kier molecular flexibility index (Phi) is 5.34. The van der Waals surface area contributed by atoms with E-state index in [4.69, 9.17) is 11.6 Å². The van der Waals surface area contributed by atoms with Crippen molar-refractivity contribution in [2.24, 2.45) is 5.41 Å². The number of hydrogen-bond donors (Lipinski definition) is 0. The number of alkyl halides is 1. The van der Waals surface area contributed by atoms with E-state index >= 15 is 0 Å². The van der Waals surface area contributed by atoms with Gasteiger partial charge in [-0.15, -0.1) is 16.7 Å². The van der Waals surface area contributed by atoms with E-state index in [2.05, 4.69) is 20.4 Å². The molecule has 1 aliphatic rings. The van der Waals surface area contributed by atoms with Gasteiger partial charge >= 0.3 is 0 Å². The maximum absolute atomic E-state index is 12.5. The van der Waals surface area contributed by atoms with Crippen LogP contribution in [0.4, 0.5) is 0 Å². The molecule has 1 amide bonds. The lowest BCUT2D eigenvalue weighted by molar-refractivity contribution is -0.141. The van der Waals surface area contributed by atoms with Gasteiger partial charge in [0.05, 0.1) is 17.6 Å². The zero-order valence-electron chi connectivity index (χ0n) is 14.6. The molecule has 0 atom stereocenters. The molecule has 1 fully saturated rings. The standard InChI is InChI=1S/C17H23ClN6O/c1-17(2,13-18)16(25)23-10-8-22(9-11-23)12-15-19-20-21-24(15)14-6-4-3-5-7-14/h3-7H,8-13H2,1-2H3. The van der Waals surface area contributed by atoms with E-state index in [1.54, 1.807) is 4.68 Å². The molecule has 0 N–H and O–H groups in total. The van der Waals surface area contributed by atoms with Crippen molar-refractivity contribution >= 4 is 17.5 Å². The number of benzene rings is 1. The van der Waals surface area contributed by atoms with Gasteiger partial charge in [-0.05, 0) is 36.4 Å². The summed E-state index contributed by atoms with van der Waals surface area (Å²) < 4.78 is 1.76. The van der Waals surface area contributed by atoms with E-state index < -0.39 is 5.41 Å². The number of carbonyl (C=O) groups excluding carboxylic acids is 1. The van der Waals surface area contributed by atoms with Crippen molar-refractivity contribution in [2.45, 2.75) is 20.4 Å². The highest BCUT2D eigenvalue weighted by molar-refractivity contribution is 6.19. The van der Waals surface area contributed by atoms with Gasteiger partial charge in [0.2, 0.25) is 5.91 Å². The molecule has 1 aromatic heterocycles. The number of amides is 1. The summed E-state index contributed by atoms with van der Waals surface area (Å²) in [6, 6.07) is 9.84. The summed E-state index contributed by atoms with van der Waals surface area (Å²) in [4.78, 5) is 16.7. The monoisotopic (exact) mass is 362 g/mol. The fourth-order valence-corrected chi connectivity index (χ4v) is 2.98. The number of carbonyl (C=O) groups is 1. The second-order valence-corrected chi connectivity index (χ2v) is 7.20. The smallest absolute Gasteiger partial charge is 0.229 e. The van der Waals surface area contributed by atoms with E-state index in [1.165, 1.54) is 0 Å². The van der Waals surface area contributed by atoms with Crippen molar-refractivity contribution in [3.05, 3.63) is 36.2 Å². The second-order valence-electron chi connectivity index (χ2n) is 6.93. The number of nitrogens with zero attached hydrogens (tertiary/aromatic N) is 6. The highest BCUT2D eigenvalue weighted by atomic mass is 35.5. The summed E-state index contributed by atoms with van der Waals surface area (Å²) in [7, 11) is 0. The maximum Gasteiger partial charge on any atom is 0.229 e. The SMILES string of the molecule is CC(C)(CCl)C(=O)N1CCN(Cc2nnnn2-c2ccccc2)CC1. The lowest BCUT2D eigenvalue weighted by Gasteiger charge is -2.37. The molecule has 2 heterocycles. The fraction of sp³-hybridized carbons (Fsp3) is 0.529. The number of halogens is 1. The van der Waals surface area contributed by atoms with Crippen LogP contribution in [0.5, 0.6) is 0 Å². The van der Waals surface area contributed by atoms with E-state index in [1.807, 2.05) is 49.1 Å². The third-order valence-electron chi connectivity index (χ3n) is 4.47. The Morgan fingerprint density at radius 1 is 1.16 bits per heavy atom. The first kappa shape index (κ1) is 17.8. The van der Waals surface area contributed by atoms with Crippen LogP contribution in [0.15, 0.2) is 30.3 Å². The Morgan fingerprint density at radius 2 is 1.84 bits per heavy atom. The maximum atomic E-state index is 12.5. The molecule has 1 aromatic carbocycles. The first-order chi connectivity index (χ1) is 12.0. The van der Waals surface area contributed by atoms with Gasteiger partial charge < -0.3 is 4.90 Å². The summed E-state index contributed by atoms with van der Waals surface area (Å²) in [5.74, 6) is 1.25. The topological polar surface area (TPSA) is 67.2 Å². The number of aromatic nitrogens is 4. The highest BCUT2D eigenvalue weighted by Gasteiger charge is 2.33. The first-order valence-electron chi connectivity index (χ1n) is 8.41. The number of rotatable bonds is 5. The molecule has 8 heteroatoms. The van der Waals surface area contributed by atoms with Crippen LogP contribution in [-0.2, 0) is 11.3 Å². The van der Waals surface area contributed by atoms with Gasteiger partial charge in [0.15, 0.2) is 5.82 Å². The molecule has 25 heavy (non-hydrogen) atoms. The Morgan fingerprint density at radius 3 is 2.48 bits per heavy atom. The number of piperazine rings is 1. The van der Waals surface area contributed by atoms with Crippen LogP contribution in [0.25, 0.3) is 5.69 Å². The number of hydrogen-bond acceptors (Lipinski definition) is 5. The molecule has 7 nitrogen and oxygen atoms in total. The van der Waals surface area contributed by atoms with E-state index in [0.29, 0.717) is 25.5 Å². The minimum Gasteiger partial charge on any atom is -0.340 e. The molecular formula is C17H23ClN6O. The van der Waals surface area contributed by atoms with Crippen LogP contribution in [0.1, 0.15) is 19.7 Å². The van der Waals surface area contributed by atoms with Gasteiger partial charge in [-0.1, -0.05) is 18.2 Å². The summed E-state index contributed by atoms with van der Waals surface area (Å²) in [6.45, 7) is 7.43. The van der Waals surface area contributed by atoms with Crippen molar-refractivity contribution in [3.8, 4) is 5.69 Å². The van der Waals surface area contributed by atoms with Crippen LogP contribution in [-0.4, -0.2) is 68.0 Å². The Hall–Kier alpha value is -1.99. The molecule has 0 saturated carbocycles. The predicted octanol–water partition coefficient (Wildman–Crippen LogP) is 1.57. The summed E-state index contributed by atoms with van der Waals surface area (Å²) in [5.41, 5.74) is 0.432. The first-order valence-corrected chi connectivity index (χ1v) is 8.95. The van der Waals surface area contributed by atoms with Crippen molar-refractivity contribution < 1.29 is 4.79 Å². The fourth-order valence-electron chi connectivity index (χ4n) is 2.87. The third-order valence-corrected chi connectivity index (χ3v) is 5.14. The highest BCUT2D eigenvalue weighted by Crippen LogP contribution is 2.22. The Labute approximate surface area is 152 Å². The molecule has 0 bridgehead atoms. The average molecular weight is 363 g/mol. The molecular weight excluding hydrogens is 340 g/mol. The van der Waals surface area contributed by atoms with Crippen molar-refractivity contribution in [1.82, 2.24) is 30.0 Å². The van der Waals surface area contributed by atoms with E-state index in [9.17, 15) is 4.79 Å². The largest absolute Gasteiger partial charge is 0.340 e. The van der Waals surface area contributed by atoms with Gasteiger partial charge in [-0.2, -0.15) is 4.68 Å². The average Bonchev–Trinajstić information content (AvgIpc) is 3.10. The number of para-hydroxylation sites is 1. The van der Waals surface area contributed by atoms with Crippen LogP contribution >= 0.6 is 11.6 Å². The minimum absolute atomic E-state index is 0.122. The molecule has 0 aliphatic carbocycles. The summed E-state index contributed by atoms with van der Waals surface area (Å²) in [6.07, 6.45) is 0. The van der Waals surface area contributed by atoms with Gasteiger partial charge in [0, 0.05) is 32.1 Å². The van der Waals surface area contributed by atoms with Crippen LogP contribution in [0, 0.1) is 5.41 Å². The Balaban J connectivity index is 1.61. The van der Waals surface area contributed by atoms with Crippen LogP contribution in [0.2, 0.25) is 0 Å². The quantitative estimate of drug-likeness (QED) is 0.755. The van der Waals surface area contributed by atoms with Gasteiger partial charge in [-0.3, -0.25) is 9.69 Å². The molecule has 1 saturated heterocycles. The normalized spacial score (nSPS) is 16.2. The summed E-state index contributed by atoms with van der Waals surface area (Å²) in [5, 5.41) is 12.1. The predicted molar refractivity (Wildman–Crippen MR) is 95.5 cm³/mol.